The van der Waals surface area contributed by atoms with Crippen LogP contribution >= 0.6 is 11.6 Å². The number of hydrogen-bond donors (Lipinski definition) is 2. The molecule has 6 heteroatoms. The molecule has 2 N–H and O–H groups in total. The van der Waals surface area contributed by atoms with Gasteiger partial charge in [-0.2, -0.15) is 0 Å². The van der Waals surface area contributed by atoms with Gasteiger partial charge in [0.05, 0.1) is 11.2 Å². The van der Waals surface area contributed by atoms with Crippen molar-refractivity contribution >= 4 is 45.7 Å². The molecule has 25 heavy (non-hydrogen) atoms. The van der Waals surface area contributed by atoms with Gasteiger partial charge in [0.2, 0.25) is 11.8 Å². The number of aryl methyl sites for hydroxylation is 1. The average Bonchev–Trinajstić information content (AvgIpc) is 2.57. The molecule has 2 amide bonds. The zero-order valence-electron chi connectivity index (χ0n) is 13.5. The van der Waals surface area contributed by atoms with Gasteiger partial charge in [0.25, 0.3) is 0 Å². The summed E-state index contributed by atoms with van der Waals surface area (Å²) in [6, 6.07) is 14.4. The number of carbonyl (C=O) groups excluding carboxylic acids is 2. The Labute approximate surface area is 150 Å². The number of halogens is 1. The van der Waals surface area contributed by atoms with E-state index < -0.39 is 11.8 Å². The van der Waals surface area contributed by atoms with Gasteiger partial charge in [-0.25, -0.2) is 0 Å². The minimum Gasteiger partial charge on any atom is -0.325 e. The van der Waals surface area contributed by atoms with Crippen molar-refractivity contribution < 1.29 is 9.59 Å². The zero-order valence-corrected chi connectivity index (χ0v) is 14.3. The lowest BCUT2D eigenvalue weighted by molar-refractivity contribution is -0.123. The van der Waals surface area contributed by atoms with E-state index in [1.165, 1.54) is 0 Å². The van der Waals surface area contributed by atoms with Crippen LogP contribution in [0.15, 0.2) is 54.7 Å². The average molecular weight is 354 g/mol. The molecule has 0 saturated carbocycles. The molecule has 0 radical (unpaired) electrons. The highest BCUT2D eigenvalue weighted by molar-refractivity contribution is 6.30. The van der Waals surface area contributed by atoms with Crippen molar-refractivity contribution in [1.82, 2.24) is 4.98 Å². The first-order chi connectivity index (χ1) is 12.0. The van der Waals surface area contributed by atoms with E-state index in [0.29, 0.717) is 21.9 Å². The molecule has 126 valence electrons. The molecule has 1 aromatic heterocycles. The van der Waals surface area contributed by atoms with Gasteiger partial charge >= 0.3 is 0 Å². The van der Waals surface area contributed by atoms with E-state index in [1.54, 1.807) is 30.5 Å². The number of nitrogens with one attached hydrogen (secondary N) is 2. The molecule has 3 rings (SSSR count). The first-order valence-corrected chi connectivity index (χ1v) is 8.10. The Balaban J connectivity index is 1.66. The number of fused-ring (bicyclic) bond motifs is 1. The Morgan fingerprint density at radius 3 is 2.48 bits per heavy atom. The van der Waals surface area contributed by atoms with Crippen LogP contribution in [0.4, 0.5) is 11.4 Å². The molecule has 0 aliphatic heterocycles. The topological polar surface area (TPSA) is 71.1 Å². The van der Waals surface area contributed by atoms with Crippen LogP contribution in [-0.2, 0) is 9.59 Å². The van der Waals surface area contributed by atoms with Crippen molar-refractivity contribution in [2.75, 3.05) is 10.6 Å². The monoisotopic (exact) mass is 353 g/mol. The number of rotatable bonds is 4. The molecule has 5 nitrogen and oxygen atoms in total. The number of benzene rings is 2. The molecule has 0 atom stereocenters. The predicted octanol–water partition coefficient (Wildman–Crippen LogP) is 4.16. The summed E-state index contributed by atoms with van der Waals surface area (Å²) in [7, 11) is 0. The number of nitrogens with zero attached hydrogens (tertiary/aromatic N) is 1. The highest BCUT2D eigenvalue weighted by atomic mass is 35.5. The summed E-state index contributed by atoms with van der Waals surface area (Å²) in [6.45, 7) is 1.84. The second-order valence-electron chi connectivity index (χ2n) is 5.61. The van der Waals surface area contributed by atoms with E-state index in [-0.39, 0.29) is 6.42 Å². The van der Waals surface area contributed by atoms with Gasteiger partial charge in [0, 0.05) is 22.3 Å². The lowest BCUT2D eigenvalue weighted by atomic mass is 10.2. The molecule has 0 spiro atoms. The molecule has 0 aliphatic carbocycles. The van der Waals surface area contributed by atoms with Gasteiger partial charge in [-0.3, -0.25) is 14.6 Å². The van der Waals surface area contributed by atoms with Gasteiger partial charge in [-0.05, 0) is 42.8 Å². The number of amides is 2. The van der Waals surface area contributed by atoms with Crippen molar-refractivity contribution in [3.8, 4) is 0 Å². The van der Waals surface area contributed by atoms with Gasteiger partial charge in [0.15, 0.2) is 0 Å². The third kappa shape index (κ3) is 4.14. The highest BCUT2D eigenvalue weighted by Crippen LogP contribution is 2.21. The minimum atomic E-state index is -0.401. The van der Waals surface area contributed by atoms with E-state index in [4.69, 9.17) is 11.6 Å². The van der Waals surface area contributed by atoms with Crippen LogP contribution in [0.1, 0.15) is 12.0 Å². The van der Waals surface area contributed by atoms with E-state index in [0.717, 1.165) is 10.9 Å². The van der Waals surface area contributed by atoms with E-state index in [1.807, 2.05) is 31.2 Å². The quantitative estimate of drug-likeness (QED) is 0.692. The Bertz CT molecular complexity index is 951. The summed E-state index contributed by atoms with van der Waals surface area (Å²) >= 11 is 5.89. The number of anilines is 2. The standard InChI is InChI=1S/C19H16ClN3O2/c1-12-10-14(20)7-8-15(12)22-17(24)11-18(25)23-16-6-2-4-13-5-3-9-21-19(13)16/h2-10H,11H2,1H3,(H,22,24)(H,23,25). The first kappa shape index (κ1) is 16.9. The van der Waals surface area contributed by atoms with Crippen LogP contribution in [0.25, 0.3) is 10.9 Å². The number of hydrogen-bond acceptors (Lipinski definition) is 3. The normalized spacial score (nSPS) is 10.5. The largest absolute Gasteiger partial charge is 0.325 e. The maximum Gasteiger partial charge on any atom is 0.233 e. The summed E-state index contributed by atoms with van der Waals surface area (Å²) in [6.07, 6.45) is 1.37. The van der Waals surface area contributed by atoms with Crippen LogP contribution < -0.4 is 10.6 Å². The van der Waals surface area contributed by atoms with Crippen molar-refractivity contribution in [2.45, 2.75) is 13.3 Å². The number of para-hydroxylation sites is 1. The van der Waals surface area contributed by atoms with Gasteiger partial charge in [-0.1, -0.05) is 29.8 Å². The maximum absolute atomic E-state index is 12.2. The van der Waals surface area contributed by atoms with E-state index >= 15 is 0 Å². The molecule has 0 unspecified atom stereocenters. The van der Waals surface area contributed by atoms with Gasteiger partial charge in [0.1, 0.15) is 6.42 Å². The Kier molecular flexibility index (Phi) is 4.95. The first-order valence-electron chi connectivity index (χ1n) is 7.72. The minimum absolute atomic E-state index is 0.286. The molecule has 3 aromatic rings. The predicted molar refractivity (Wildman–Crippen MR) is 99.8 cm³/mol. The highest BCUT2D eigenvalue weighted by Gasteiger charge is 2.12. The van der Waals surface area contributed by atoms with Crippen molar-refractivity contribution in [1.29, 1.82) is 0 Å². The van der Waals surface area contributed by atoms with Crippen LogP contribution in [0.5, 0.6) is 0 Å². The molecule has 0 fully saturated rings. The molecule has 0 bridgehead atoms. The third-order valence-electron chi connectivity index (χ3n) is 3.69. The SMILES string of the molecule is Cc1cc(Cl)ccc1NC(=O)CC(=O)Nc1cccc2cccnc12. The summed E-state index contributed by atoms with van der Waals surface area (Å²) in [5.41, 5.74) is 2.74. The summed E-state index contributed by atoms with van der Waals surface area (Å²) in [5.74, 6) is -0.793. The third-order valence-corrected chi connectivity index (χ3v) is 3.93. The second kappa shape index (κ2) is 7.32. The van der Waals surface area contributed by atoms with Gasteiger partial charge in [-0.15, -0.1) is 0 Å². The van der Waals surface area contributed by atoms with Crippen LogP contribution in [0.2, 0.25) is 5.02 Å². The van der Waals surface area contributed by atoms with Crippen molar-refractivity contribution in [3.63, 3.8) is 0 Å². The lowest BCUT2D eigenvalue weighted by Gasteiger charge is -2.10. The molecule has 1 heterocycles. The molecule has 2 aromatic carbocycles. The van der Waals surface area contributed by atoms with E-state index in [9.17, 15) is 9.59 Å². The lowest BCUT2D eigenvalue weighted by Crippen LogP contribution is -2.22. The molecular formula is C19H16ClN3O2. The Hall–Kier alpha value is -2.92. The van der Waals surface area contributed by atoms with Crippen molar-refractivity contribution in [3.05, 3.63) is 65.3 Å². The zero-order chi connectivity index (χ0) is 17.8. The number of aromatic nitrogens is 1. The fourth-order valence-electron chi connectivity index (χ4n) is 2.51. The van der Waals surface area contributed by atoms with E-state index in [2.05, 4.69) is 15.6 Å². The van der Waals surface area contributed by atoms with Crippen LogP contribution in [-0.4, -0.2) is 16.8 Å². The fraction of sp³-hybridized carbons (Fsp3) is 0.105. The molecular weight excluding hydrogens is 338 g/mol. The Morgan fingerprint density at radius 1 is 1.00 bits per heavy atom. The summed E-state index contributed by atoms with van der Waals surface area (Å²) in [4.78, 5) is 28.5. The van der Waals surface area contributed by atoms with Crippen LogP contribution in [0, 0.1) is 6.92 Å². The molecule has 0 saturated heterocycles. The second-order valence-corrected chi connectivity index (χ2v) is 6.05. The smallest absolute Gasteiger partial charge is 0.233 e. The summed E-state index contributed by atoms with van der Waals surface area (Å²) in [5, 5.41) is 6.97. The fourth-order valence-corrected chi connectivity index (χ4v) is 2.73. The maximum atomic E-state index is 12.2. The van der Waals surface area contributed by atoms with Crippen LogP contribution in [0.3, 0.4) is 0 Å². The Morgan fingerprint density at radius 2 is 1.72 bits per heavy atom. The van der Waals surface area contributed by atoms with Gasteiger partial charge < -0.3 is 10.6 Å². The number of pyridine rings is 1. The number of carbonyl (C=O) groups is 2. The molecule has 0 aliphatic rings. The summed E-state index contributed by atoms with van der Waals surface area (Å²) < 4.78 is 0. The van der Waals surface area contributed by atoms with Crippen molar-refractivity contribution in [2.24, 2.45) is 0 Å².